The average Bonchev–Trinajstić information content (AvgIpc) is 3.43. The molecule has 0 saturated heterocycles. The largest absolute Gasteiger partial charge is 0.444 e. The van der Waals surface area contributed by atoms with Gasteiger partial charge in [-0.2, -0.15) is 5.10 Å². The molecule has 202 valence electrons. The SMILES string of the molecule is CC(NC(=O)c1c(NC(=O)OC(C)(C)C)nn2c1NCC=C2)c1cc(Cl)c2c(Br)n[nH]c2c1-c1ccccc1. The summed E-state index contributed by atoms with van der Waals surface area (Å²) in [6.07, 6.45) is 2.87. The third-order valence-electron chi connectivity index (χ3n) is 6.05. The fourth-order valence-corrected chi connectivity index (χ4v) is 5.39. The van der Waals surface area contributed by atoms with Crippen LogP contribution in [0.3, 0.4) is 0 Å². The van der Waals surface area contributed by atoms with Gasteiger partial charge in [0.25, 0.3) is 5.91 Å². The second-order valence-corrected chi connectivity index (χ2v) is 11.2. The molecule has 1 atom stereocenters. The van der Waals surface area contributed by atoms with Crippen molar-refractivity contribution in [1.82, 2.24) is 25.3 Å². The maximum absolute atomic E-state index is 13.8. The standard InChI is InChI=1S/C27H27BrClN7O3/c1-14(16-13-17(29)19-21(33-34-22(19)28)18(16)15-9-6-5-7-10-15)31-25(37)20-23(32-26(38)39-27(2,3)4)35-36-12-8-11-30-24(20)36/h5-10,12-14,30H,11H2,1-4H3,(H,31,37)(H,33,34)(H,32,35,38). The average molecular weight is 613 g/mol. The number of amides is 2. The van der Waals surface area contributed by atoms with E-state index in [9.17, 15) is 9.59 Å². The quantitative estimate of drug-likeness (QED) is 0.202. The van der Waals surface area contributed by atoms with Crippen molar-refractivity contribution in [3.8, 4) is 11.1 Å². The Morgan fingerprint density at radius 3 is 2.69 bits per heavy atom. The van der Waals surface area contributed by atoms with E-state index in [2.05, 4.69) is 47.2 Å². The van der Waals surface area contributed by atoms with Crippen LogP contribution in [0.25, 0.3) is 28.2 Å². The number of nitrogens with zero attached hydrogens (tertiary/aromatic N) is 3. The van der Waals surface area contributed by atoms with Crippen molar-refractivity contribution in [3.63, 3.8) is 0 Å². The van der Waals surface area contributed by atoms with E-state index < -0.39 is 23.6 Å². The summed E-state index contributed by atoms with van der Waals surface area (Å²) in [5.41, 5.74) is 2.82. The van der Waals surface area contributed by atoms with Gasteiger partial charge in [-0.1, -0.05) is 41.9 Å². The van der Waals surface area contributed by atoms with Crippen molar-refractivity contribution in [1.29, 1.82) is 0 Å². The lowest BCUT2D eigenvalue weighted by atomic mass is 9.93. The van der Waals surface area contributed by atoms with E-state index in [1.165, 1.54) is 4.68 Å². The van der Waals surface area contributed by atoms with Gasteiger partial charge in [-0.3, -0.25) is 15.2 Å². The number of anilines is 2. The molecule has 2 aromatic carbocycles. The number of halogens is 2. The minimum Gasteiger partial charge on any atom is -0.444 e. The Morgan fingerprint density at radius 1 is 1.23 bits per heavy atom. The number of aromatic amines is 1. The zero-order chi connectivity index (χ0) is 27.9. The highest BCUT2D eigenvalue weighted by Gasteiger charge is 2.29. The molecule has 5 rings (SSSR count). The van der Waals surface area contributed by atoms with E-state index >= 15 is 0 Å². The van der Waals surface area contributed by atoms with Crippen molar-refractivity contribution in [2.45, 2.75) is 39.3 Å². The number of ether oxygens (including phenoxy) is 1. The van der Waals surface area contributed by atoms with Crippen LogP contribution >= 0.6 is 27.5 Å². The lowest BCUT2D eigenvalue weighted by Gasteiger charge is -2.21. The Kier molecular flexibility index (Phi) is 7.13. The Morgan fingerprint density at radius 2 is 1.97 bits per heavy atom. The first kappa shape index (κ1) is 26.8. The summed E-state index contributed by atoms with van der Waals surface area (Å²) in [4.78, 5) is 26.3. The summed E-state index contributed by atoms with van der Waals surface area (Å²) in [6, 6.07) is 11.2. The highest BCUT2D eigenvalue weighted by Crippen LogP contribution is 2.41. The number of benzene rings is 2. The summed E-state index contributed by atoms with van der Waals surface area (Å²) >= 11 is 10.2. The first-order valence-electron chi connectivity index (χ1n) is 12.3. The van der Waals surface area contributed by atoms with Crippen LogP contribution in [0.4, 0.5) is 16.4 Å². The van der Waals surface area contributed by atoms with Gasteiger partial charge in [0.05, 0.1) is 22.0 Å². The summed E-state index contributed by atoms with van der Waals surface area (Å²) in [5.74, 6) is 0.110. The minimum atomic E-state index is -0.716. The minimum absolute atomic E-state index is 0.0808. The molecule has 1 unspecified atom stereocenters. The highest BCUT2D eigenvalue weighted by molar-refractivity contribution is 9.10. The Bertz CT molecular complexity index is 1610. The number of carbonyl (C=O) groups is 2. The van der Waals surface area contributed by atoms with Gasteiger partial charge in [0.2, 0.25) is 0 Å². The van der Waals surface area contributed by atoms with Gasteiger partial charge in [-0.15, -0.1) is 5.10 Å². The number of aromatic nitrogens is 4. The lowest BCUT2D eigenvalue weighted by molar-refractivity contribution is 0.0635. The van der Waals surface area contributed by atoms with Gasteiger partial charge >= 0.3 is 6.09 Å². The molecule has 2 aromatic heterocycles. The molecule has 3 heterocycles. The number of H-pyrrole nitrogens is 1. The van der Waals surface area contributed by atoms with Gasteiger partial charge in [-0.05, 0) is 66.9 Å². The van der Waals surface area contributed by atoms with E-state index in [-0.39, 0.29) is 11.4 Å². The van der Waals surface area contributed by atoms with Crippen molar-refractivity contribution in [2.75, 3.05) is 17.2 Å². The fraction of sp³-hybridized carbons (Fsp3) is 0.259. The molecule has 10 nitrogen and oxygen atoms in total. The molecule has 1 aliphatic heterocycles. The monoisotopic (exact) mass is 611 g/mol. The Hall–Kier alpha value is -3.83. The third kappa shape index (κ3) is 5.37. The summed E-state index contributed by atoms with van der Waals surface area (Å²) < 4.78 is 7.50. The predicted octanol–water partition coefficient (Wildman–Crippen LogP) is 6.58. The summed E-state index contributed by atoms with van der Waals surface area (Å²) in [7, 11) is 0. The van der Waals surface area contributed by atoms with E-state index in [0.29, 0.717) is 22.0 Å². The topological polar surface area (TPSA) is 126 Å². The number of hydrogen-bond acceptors (Lipinski definition) is 6. The molecule has 0 fully saturated rings. The zero-order valence-electron chi connectivity index (χ0n) is 21.7. The van der Waals surface area contributed by atoms with Crippen LogP contribution < -0.4 is 16.0 Å². The first-order valence-corrected chi connectivity index (χ1v) is 13.5. The summed E-state index contributed by atoms with van der Waals surface area (Å²) in [6.45, 7) is 7.66. The van der Waals surface area contributed by atoms with Gasteiger partial charge in [0.1, 0.15) is 21.6 Å². The Labute approximate surface area is 238 Å². The van der Waals surface area contributed by atoms with Crippen molar-refractivity contribution in [2.24, 2.45) is 0 Å². The van der Waals surface area contributed by atoms with E-state index in [1.54, 1.807) is 27.0 Å². The van der Waals surface area contributed by atoms with Crippen LogP contribution in [0, 0.1) is 0 Å². The molecule has 1 aliphatic rings. The molecule has 0 aliphatic carbocycles. The molecule has 0 bridgehead atoms. The second kappa shape index (κ2) is 10.4. The number of nitrogens with one attached hydrogen (secondary N) is 4. The van der Waals surface area contributed by atoms with Crippen molar-refractivity contribution >= 4 is 68.3 Å². The van der Waals surface area contributed by atoms with Crippen LogP contribution in [0.5, 0.6) is 0 Å². The van der Waals surface area contributed by atoms with E-state index in [4.69, 9.17) is 16.3 Å². The highest BCUT2D eigenvalue weighted by atomic mass is 79.9. The van der Waals surface area contributed by atoms with Gasteiger partial charge < -0.3 is 15.4 Å². The van der Waals surface area contributed by atoms with Gasteiger partial charge in [0.15, 0.2) is 5.82 Å². The molecular formula is C27H27BrClN7O3. The molecular weight excluding hydrogens is 586 g/mol. The Balaban J connectivity index is 1.53. The molecule has 0 radical (unpaired) electrons. The van der Waals surface area contributed by atoms with Gasteiger partial charge in [-0.25, -0.2) is 9.48 Å². The van der Waals surface area contributed by atoms with Crippen LogP contribution in [-0.2, 0) is 4.74 Å². The maximum Gasteiger partial charge on any atom is 0.413 e. The van der Waals surface area contributed by atoms with E-state index in [1.807, 2.05) is 49.4 Å². The molecule has 0 spiro atoms. The lowest BCUT2D eigenvalue weighted by Crippen LogP contribution is -2.30. The van der Waals surface area contributed by atoms with Crippen molar-refractivity contribution in [3.05, 3.63) is 63.2 Å². The molecule has 12 heteroatoms. The van der Waals surface area contributed by atoms with Gasteiger partial charge in [0, 0.05) is 18.3 Å². The zero-order valence-corrected chi connectivity index (χ0v) is 24.1. The fourth-order valence-electron chi connectivity index (χ4n) is 4.47. The van der Waals surface area contributed by atoms with Crippen molar-refractivity contribution < 1.29 is 14.3 Å². The van der Waals surface area contributed by atoms with Crippen LogP contribution in [0.2, 0.25) is 5.02 Å². The normalized spacial score (nSPS) is 13.5. The van der Waals surface area contributed by atoms with Crippen LogP contribution in [-0.4, -0.2) is 44.1 Å². The number of rotatable bonds is 5. The molecule has 4 N–H and O–H groups in total. The third-order valence-corrected chi connectivity index (χ3v) is 6.92. The maximum atomic E-state index is 13.8. The molecule has 0 saturated carbocycles. The molecule has 4 aromatic rings. The van der Waals surface area contributed by atoms with E-state index in [0.717, 1.165) is 27.6 Å². The smallest absolute Gasteiger partial charge is 0.413 e. The first-order chi connectivity index (χ1) is 18.5. The predicted molar refractivity (Wildman–Crippen MR) is 156 cm³/mol. The molecule has 39 heavy (non-hydrogen) atoms. The number of fused-ring (bicyclic) bond motifs is 2. The number of hydrogen-bond donors (Lipinski definition) is 4. The van der Waals surface area contributed by atoms with Crippen LogP contribution in [0.15, 0.2) is 47.1 Å². The molecule has 2 amide bonds. The second-order valence-electron chi connectivity index (χ2n) is 10.1. The van der Waals surface area contributed by atoms with Crippen LogP contribution in [0.1, 0.15) is 49.7 Å². The number of carbonyl (C=O) groups excluding carboxylic acids is 2. The summed E-state index contributed by atoms with van der Waals surface area (Å²) in [5, 5.41) is 21.9.